The van der Waals surface area contributed by atoms with Gasteiger partial charge in [0.05, 0.1) is 50.2 Å². The molecule has 64 heavy (non-hydrogen) atoms. The number of aromatic nitrogens is 4. The minimum atomic E-state index is 0.855. The number of hydrogen-bond donors (Lipinski definition) is 0. The summed E-state index contributed by atoms with van der Waals surface area (Å²) in [4.78, 5) is 5.90. The van der Waals surface area contributed by atoms with Crippen LogP contribution in [0.3, 0.4) is 0 Å². The highest BCUT2D eigenvalue weighted by Gasteiger charge is 2.25. The summed E-state index contributed by atoms with van der Waals surface area (Å²) in [5.41, 5.74) is 13.3. The number of benzene rings is 9. The topological polar surface area (TPSA) is 27.7 Å². The summed E-state index contributed by atoms with van der Waals surface area (Å²) in [7, 11) is 0. The van der Waals surface area contributed by atoms with Gasteiger partial charge in [-0.2, -0.15) is 0 Å². The molecule has 0 aliphatic rings. The smallest absolute Gasteiger partial charge is 0.140 e. The molecule has 0 saturated heterocycles. The van der Waals surface area contributed by atoms with Crippen LogP contribution >= 0.6 is 11.3 Å². The average molecular weight is 833 g/mol. The van der Waals surface area contributed by atoms with E-state index < -0.39 is 0 Å². The van der Waals surface area contributed by atoms with Gasteiger partial charge in [-0.25, -0.2) is 4.98 Å². The second kappa shape index (κ2) is 13.6. The zero-order valence-corrected chi connectivity index (χ0v) is 35.3. The average Bonchev–Trinajstić information content (AvgIpc) is 4.10. The first-order chi connectivity index (χ1) is 31.8. The van der Waals surface area contributed by atoms with Crippen LogP contribution in [0.25, 0.3) is 125 Å². The quantitative estimate of drug-likeness (QED) is 0.170. The Labute approximate surface area is 371 Å². The van der Waals surface area contributed by atoms with Crippen molar-refractivity contribution in [3.05, 3.63) is 218 Å². The molecule has 0 aliphatic carbocycles. The normalized spacial score (nSPS) is 12.1. The molecular weight excluding hydrogens is 797 g/mol. The second-order valence-electron chi connectivity index (χ2n) is 16.7. The molecule has 14 rings (SSSR count). The summed E-state index contributed by atoms with van der Waals surface area (Å²) in [5.74, 6) is 0.855. The van der Waals surface area contributed by atoms with E-state index in [9.17, 15) is 0 Å². The lowest BCUT2D eigenvalue weighted by atomic mass is 9.92. The van der Waals surface area contributed by atoms with E-state index in [0.717, 1.165) is 67.1 Å². The molecule has 298 valence electrons. The molecule has 0 N–H and O–H groups in total. The number of rotatable bonds is 5. The van der Waals surface area contributed by atoms with Crippen LogP contribution in [-0.2, 0) is 0 Å². The van der Waals surface area contributed by atoms with Gasteiger partial charge in [-0.1, -0.05) is 152 Å². The maximum Gasteiger partial charge on any atom is 0.140 e. The summed E-state index contributed by atoms with van der Waals surface area (Å²) in [6.45, 7) is 0. The first-order valence-corrected chi connectivity index (χ1v) is 22.6. The van der Waals surface area contributed by atoms with Gasteiger partial charge in [0.2, 0.25) is 0 Å². The van der Waals surface area contributed by atoms with E-state index >= 15 is 0 Å². The molecule has 5 aromatic heterocycles. The first kappa shape index (κ1) is 35.4. The molecular formula is C59H36N4S. The van der Waals surface area contributed by atoms with E-state index in [1.807, 2.05) is 11.3 Å². The lowest BCUT2D eigenvalue weighted by Gasteiger charge is -2.21. The van der Waals surface area contributed by atoms with E-state index in [-0.39, 0.29) is 0 Å². The zero-order valence-electron chi connectivity index (χ0n) is 34.5. The van der Waals surface area contributed by atoms with Gasteiger partial charge >= 0.3 is 0 Å². The van der Waals surface area contributed by atoms with Crippen LogP contribution in [0.15, 0.2) is 218 Å². The predicted octanol–water partition coefficient (Wildman–Crippen LogP) is 16.1. The number of pyridine rings is 1. The van der Waals surface area contributed by atoms with E-state index in [2.05, 4.69) is 232 Å². The third-order valence-electron chi connectivity index (χ3n) is 13.3. The molecule has 0 radical (unpaired) electrons. The highest BCUT2D eigenvalue weighted by Crippen LogP contribution is 2.47. The summed E-state index contributed by atoms with van der Waals surface area (Å²) in [6.07, 6.45) is 0. The van der Waals surface area contributed by atoms with Gasteiger partial charge in [-0.05, 0) is 71.8 Å². The monoisotopic (exact) mass is 832 g/mol. The van der Waals surface area contributed by atoms with Crippen LogP contribution in [0, 0.1) is 0 Å². The molecule has 4 nitrogen and oxygen atoms in total. The summed E-state index contributed by atoms with van der Waals surface area (Å²) < 4.78 is 9.81. The van der Waals surface area contributed by atoms with Gasteiger partial charge in [0.25, 0.3) is 0 Å². The zero-order chi connectivity index (χ0) is 41.9. The fraction of sp³-hybridized carbons (Fsp3) is 0. The molecule has 0 aliphatic heterocycles. The lowest BCUT2D eigenvalue weighted by Crippen LogP contribution is -2.06. The van der Waals surface area contributed by atoms with Gasteiger partial charge in [0, 0.05) is 64.1 Å². The summed E-state index contributed by atoms with van der Waals surface area (Å²) in [5, 5.41) is 9.82. The van der Waals surface area contributed by atoms with E-state index in [1.54, 1.807) is 0 Å². The largest absolute Gasteiger partial charge is 0.309 e. The molecule has 9 aromatic carbocycles. The number of hydrogen-bond acceptors (Lipinski definition) is 2. The van der Waals surface area contributed by atoms with Gasteiger partial charge in [0.15, 0.2) is 0 Å². The number of fused-ring (bicyclic) bond motifs is 12. The SMILES string of the molecule is c1cc(-c2cccc3sc4ccccc4c23)c(-c2cc(-n3c4ccccc4c4ccccc43)cc(-n3c4ccccc4c4ccccc43)n2)c(-n2c3ccccc3c3ccccc32)c1. The molecule has 0 spiro atoms. The molecule has 5 heterocycles. The first-order valence-electron chi connectivity index (χ1n) is 21.8. The fourth-order valence-electron chi connectivity index (χ4n) is 10.6. The maximum absolute atomic E-state index is 5.90. The number of nitrogens with zero attached hydrogens (tertiary/aromatic N) is 4. The van der Waals surface area contributed by atoms with Crippen LogP contribution in [0.1, 0.15) is 0 Å². The Balaban J connectivity index is 1.18. The highest BCUT2D eigenvalue weighted by atomic mass is 32.1. The molecule has 0 bridgehead atoms. The molecule has 5 heteroatoms. The van der Waals surface area contributed by atoms with E-state index in [1.165, 1.54) is 58.1 Å². The Morgan fingerprint density at radius 1 is 0.328 bits per heavy atom. The van der Waals surface area contributed by atoms with Crippen LogP contribution in [0.5, 0.6) is 0 Å². The van der Waals surface area contributed by atoms with Crippen molar-refractivity contribution in [3.8, 4) is 39.6 Å². The number of thiophene rings is 1. The maximum atomic E-state index is 5.90. The Hall–Kier alpha value is -8.25. The standard InChI is InChI=1S/C59H36N4S/c1-8-26-48-38(17-1)39-18-2-9-27-49(39)61(48)37-35-47(60-57(36-37)63-52-30-12-5-21-42(52)43-22-6-13-31-53(43)63)59-45(44-25-16-34-56-58(44)46-23-7-14-33-55(46)64-56)24-15-32-54(59)62-50-28-10-3-19-40(50)41-20-4-11-29-51(41)62/h1-36H. The Kier molecular flexibility index (Phi) is 7.53. The van der Waals surface area contributed by atoms with Crippen molar-refractivity contribution in [1.29, 1.82) is 0 Å². The van der Waals surface area contributed by atoms with Crippen LogP contribution in [0.4, 0.5) is 0 Å². The van der Waals surface area contributed by atoms with Crippen molar-refractivity contribution in [2.75, 3.05) is 0 Å². The van der Waals surface area contributed by atoms with Crippen LogP contribution in [0.2, 0.25) is 0 Å². The van der Waals surface area contributed by atoms with Crippen molar-refractivity contribution >= 4 is 96.9 Å². The minimum absolute atomic E-state index is 0.855. The van der Waals surface area contributed by atoms with Crippen molar-refractivity contribution in [3.63, 3.8) is 0 Å². The van der Waals surface area contributed by atoms with Gasteiger partial charge < -0.3 is 9.13 Å². The Bertz CT molecular complexity index is 3920. The van der Waals surface area contributed by atoms with E-state index in [4.69, 9.17) is 4.98 Å². The third-order valence-corrected chi connectivity index (χ3v) is 14.4. The molecule has 0 unspecified atom stereocenters. The highest BCUT2D eigenvalue weighted by molar-refractivity contribution is 7.25. The third kappa shape index (κ3) is 5.01. The van der Waals surface area contributed by atoms with Crippen molar-refractivity contribution in [2.24, 2.45) is 0 Å². The fourth-order valence-corrected chi connectivity index (χ4v) is 11.8. The van der Waals surface area contributed by atoms with Gasteiger partial charge in [0.1, 0.15) is 5.82 Å². The minimum Gasteiger partial charge on any atom is -0.309 e. The second-order valence-corrected chi connectivity index (χ2v) is 17.7. The van der Waals surface area contributed by atoms with Crippen LogP contribution in [-0.4, -0.2) is 18.7 Å². The van der Waals surface area contributed by atoms with Crippen molar-refractivity contribution in [2.45, 2.75) is 0 Å². The summed E-state index contributed by atoms with van der Waals surface area (Å²) in [6, 6.07) is 79.7. The van der Waals surface area contributed by atoms with Gasteiger partial charge in [-0.15, -0.1) is 11.3 Å². The molecule has 0 atom stereocenters. The van der Waals surface area contributed by atoms with Crippen molar-refractivity contribution < 1.29 is 0 Å². The van der Waals surface area contributed by atoms with Gasteiger partial charge in [-0.3, -0.25) is 4.57 Å². The van der Waals surface area contributed by atoms with E-state index in [0.29, 0.717) is 0 Å². The molecule has 14 aromatic rings. The molecule has 0 saturated carbocycles. The predicted molar refractivity (Wildman–Crippen MR) is 271 cm³/mol. The summed E-state index contributed by atoms with van der Waals surface area (Å²) >= 11 is 1.86. The lowest BCUT2D eigenvalue weighted by molar-refractivity contribution is 1.06. The van der Waals surface area contributed by atoms with Crippen molar-refractivity contribution in [1.82, 2.24) is 18.7 Å². The molecule has 0 amide bonds. The Morgan fingerprint density at radius 3 is 1.30 bits per heavy atom. The number of para-hydroxylation sites is 6. The molecule has 0 fully saturated rings. The Morgan fingerprint density at radius 2 is 0.750 bits per heavy atom. The van der Waals surface area contributed by atoms with Crippen LogP contribution < -0.4 is 0 Å².